The number of rotatable bonds is 7. The van der Waals surface area contributed by atoms with Gasteiger partial charge in [0, 0.05) is 0 Å². The number of hydrogen-bond donors (Lipinski definition) is 2. The molecule has 0 atom stereocenters. The van der Waals surface area contributed by atoms with Crippen molar-refractivity contribution in [3.63, 3.8) is 0 Å². The highest BCUT2D eigenvalue weighted by Crippen LogP contribution is 2.27. The second-order valence-electron chi connectivity index (χ2n) is 8.98. The molecule has 0 spiro atoms. The summed E-state index contributed by atoms with van der Waals surface area (Å²) in [5.41, 5.74) is 9.80. The molecule has 35 heavy (non-hydrogen) atoms. The second-order valence-corrected chi connectivity index (χ2v) is 8.98. The standard InChI is InChI=1S/C33H28O2/c34-32-18-10-25(11-19-32)5-4-24-6-14-28(15-7-24)30-2-1-3-31(23-30)29-16-8-26(9-17-29)22-27-12-20-33(35)21-13-27/h1-3,6-21,23,34-35H,4-5,22H2. The third-order valence-corrected chi connectivity index (χ3v) is 6.42. The molecule has 5 rings (SSSR count). The Morgan fingerprint density at radius 3 is 1.20 bits per heavy atom. The summed E-state index contributed by atoms with van der Waals surface area (Å²) >= 11 is 0. The van der Waals surface area contributed by atoms with Crippen molar-refractivity contribution in [2.45, 2.75) is 19.3 Å². The van der Waals surface area contributed by atoms with E-state index in [1.807, 2.05) is 24.3 Å². The molecule has 0 amide bonds. The summed E-state index contributed by atoms with van der Waals surface area (Å²) in [5.74, 6) is 0.609. The lowest BCUT2D eigenvalue weighted by atomic mass is 9.96. The lowest BCUT2D eigenvalue weighted by molar-refractivity contribution is 0.474. The Labute approximate surface area is 206 Å². The van der Waals surface area contributed by atoms with Crippen LogP contribution >= 0.6 is 0 Å². The zero-order valence-electron chi connectivity index (χ0n) is 19.6. The molecule has 2 nitrogen and oxygen atoms in total. The highest BCUT2D eigenvalue weighted by Gasteiger charge is 2.04. The molecule has 0 aromatic heterocycles. The lowest BCUT2D eigenvalue weighted by Gasteiger charge is -2.09. The van der Waals surface area contributed by atoms with Crippen LogP contribution in [-0.2, 0) is 19.3 Å². The third kappa shape index (κ3) is 5.80. The molecule has 5 aromatic rings. The molecule has 0 unspecified atom stereocenters. The van der Waals surface area contributed by atoms with Crippen LogP contribution in [0.1, 0.15) is 22.3 Å². The van der Waals surface area contributed by atoms with Gasteiger partial charge in [0.1, 0.15) is 11.5 Å². The first-order valence-electron chi connectivity index (χ1n) is 12.0. The van der Waals surface area contributed by atoms with Gasteiger partial charge >= 0.3 is 0 Å². The highest BCUT2D eigenvalue weighted by molar-refractivity contribution is 5.73. The van der Waals surface area contributed by atoms with Gasteiger partial charge in [0.15, 0.2) is 0 Å². The smallest absolute Gasteiger partial charge is 0.115 e. The maximum atomic E-state index is 9.47. The third-order valence-electron chi connectivity index (χ3n) is 6.42. The van der Waals surface area contributed by atoms with Crippen LogP contribution in [0.5, 0.6) is 11.5 Å². The summed E-state index contributed by atoms with van der Waals surface area (Å²) in [6.45, 7) is 0. The van der Waals surface area contributed by atoms with Gasteiger partial charge in [-0.25, -0.2) is 0 Å². The Hall–Kier alpha value is -4.30. The minimum atomic E-state index is 0.299. The van der Waals surface area contributed by atoms with Crippen molar-refractivity contribution in [1.29, 1.82) is 0 Å². The number of phenols is 2. The number of aryl methyl sites for hydroxylation is 2. The molecule has 0 saturated heterocycles. The molecular weight excluding hydrogens is 428 g/mol. The summed E-state index contributed by atoms with van der Waals surface area (Å²) < 4.78 is 0. The van der Waals surface area contributed by atoms with E-state index in [-0.39, 0.29) is 0 Å². The van der Waals surface area contributed by atoms with E-state index < -0.39 is 0 Å². The van der Waals surface area contributed by atoms with Crippen molar-refractivity contribution in [2.75, 3.05) is 0 Å². The largest absolute Gasteiger partial charge is 0.508 e. The molecule has 5 aromatic carbocycles. The average Bonchev–Trinajstić information content (AvgIpc) is 2.90. The van der Waals surface area contributed by atoms with Gasteiger partial charge in [-0.1, -0.05) is 91.0 Å². The van der Waals surface area contributed by atoms with Crippen molar-refractivity contribution in [3.8, 4) is 33.8 Å². The minimum absolute atomic E-state index is 0.299. The molecule has 2 heteroatoms. The van der Waals surface area contributed by atoms with E-state index >= 15 is 0 Å². The average molecular weight is 457 g/mol. The van der Waals surface area contributed by atoms with Crippen LogP contribution in [0, 0.1) is 0 Å². The van der Waals surface area contributed by atoms with Crippen LogP contribution < -0.4 is 0 Å². The number of aromatic hydroxyl groups is 2. The van der Waals surface area contributed by atoms with E-state index in [1.165, 1.54) is 44.5 Å². The molecule has 0 saturated carbocycles. The Balaban J connectivity index is 1.26. The summed E-state index contributed by atoms with van der Waals surface area (Å²) in [7, 11) is 0. The first-order valence-corrected chi connectivity index (χ1v) is 12.0. The van der Waals surface area contributed by atoms with E-state index in [4.69, 9.17) is 0 Å². The van der Waals surface area contributed by atoms with Gasteiger partial charge in [-0.2, -0.15) is 0 Å². The number of benzene rings is 5. The Morgan fingerprint density at radius 2 is 0.743 bits per heavy atom. The molecule has 0 aliphatic heterocycles. The molecule has 0 bridgehead atoms. The molecule has 0 aliphatic carbocycles. The van der Waals surface area contributed by atoms with E-state index in [0.29, 0.717) is 11.5 Å². The summed E-state index contributed by atoms with van der Waals surface area (Å²) in [5, 5.41) is 18.9. The van der Waals surface area contributed by atoms with Crippen LogP contribution in [0.3, 0.4) is 0 Å². The van der Waals surface area contributed by atoms with Gasteiger partial charge in [0.2, 0.25) is 0 Å². The van der Waals surface area contributed by atoms with E-state index in [1.54, 1.807) is 24.3 Å². The van der Waals surface area contributed by atoms with Crippen LogP contribution in [0.4, 0.5) is 0 Å². The quantitative estimate of drug-likeness (QED) is 0.262. The van der Waals surface area contributed by atoms with Crippen LogP contribution in [0.2, 0.25) is 0 Å². The molecule has 172 valence electrons. The first-order chi connectivity index (χ1) is 17.1. The normalized spacial score (nSPS) is 10.9. The predicted molar refractivity (Wildman–Crippen MR) is 144 cm³/mol. The number of phenolic OH excluding ortho intramolecular Hbond substituents is 2. The van der Waals surface area contributed by atoms with Gasteiger partial charge in [-0.05, 0) is 94.1 Å². The van der Waals surface area contributed by atoms with Crippen molar-refractivity contribution in [1.82, 2.24) is 0 Å². The molecule has 0 radical (unpaired) electrons. The molecule has 0 heterocycles. The van der Waals surface area contributed by atoms with Gasteiger partial charge in [-0.3, -0.25) is 0 Å². The van der Waals surface area contributed by atoms with Crippen LogP contribution in [0.25, 0.3) is 22.3 Å². The maximum absolute atomic E-state index is 9.47. The zero-order chi connectivity index (χ0) is 24.0. The van der Waals surface area contributed by atoms with Gasteiger partial charge in [-0.15, -0.1) is 0 Å². The molecule has 2 N–H and O–H groups in total. The minimum Gasteiger partial charge on any atom is -0.508 e. The second kappa shape index (κ2) is 10.3. The molecule has 0 fully saturated rings. The van der Waals surface area contributed by atoms with Crippen LogP contribution in [0.15, 0.2) is 121 Å². The van der Waals surface area contributed by atoms with E-state index in [2.05, 4.69) is 72.8 Å². The maximum Gasteiger partial charge on any atom is 0.115 e. The fraction of sp³-hybridized carbons (Fsp3) is 0.0909. The van der Waals surface area contributed by atoms with Crippen LogP contribution in [-0.4, -0.2) is 10.2 Å². The van der Waals surface area contributed by atoms with E-state index in [9.17, 15) is 10.2 Å². The summed E-state index contributed by atoms with van der Waals surface area (Å²) in [4.78, 5) is 0. The summed E-state index contributed by atoms with van der Waals surface area (Å²) in [6, 6.07) is 41.1. The van der Waals surface area contributed by atoms with Gasteiger partial charge in [0.25, 0.3) is 0 Å². The Kier molecular flexibility index (Phi) is 6.63. The van der Waals surface area contributed by atoms with E-state index in [0.717, 1.165) is 19.3 Å². The summed E-state index contributed by atoms with van der Waals surface area (Å²) in [6.07, 6.45) is 2.78. The topological polar surface area (TPSA) is 40.5 Å². The fourth-order valence-electron chi connectivity index (χ4n) is 4.36. The Bertz CT molecular complexity index is 1380. The monoisotopic (exact) mass is 456 g/mol. The SMILES string of the molecule is Oc1ccc(CCc2ccc(-c3cccc(-c4ccc(Cc5ccc(O)cc5)cc4)c3)cc2)cc1. The van der Waals surface area contributed by atoms with Gasteiger partial charge in [0.05, 0.1) is 0 Å². The van der Waals surface area contributed by atoms with Gasteiger partial charge < -0.3 is 10.2 Å². The van der Waals surface area contributed by atoms with Crippen molar-refractivity contribution < 1.29 is 10.2 Å². The number of hydrogen-bond acceptors (Lipinski definition) is 2. The van der Waals surface area contributed by atoms with Crippen molar-refractivity contribution >= 4 is 0 Å². The fourth-order valence-corrected chi connectivity index (χ4v) is 4.36. The molecule has 0 aliphatic rings. The Morgan fingerprint density at radius 1 is 0.371 bits per heavy atom. The van der Waals surface area contributed by atoms with Crippen molar-refractivity contribution in [3.05, 3.63) is 144 Å². The molecular formula is C33H28O2. The predicted octanol–water partition coefficient (Wildman–Crippen LogP) is 7.81. The zero-order valence-corrected chi connectivity index (χ0v) is 19.6. The highest BCUT2D eigenvalue weighted by atomic mass is 16.3. The van der Waals surface area contributed by atoms with Crippen molar-refractivity contribution in [2.24, 2.45) is 0 Å². The first kappa shape index (κ1) is 22.5. The lowest BCUT2D eigenvalue weighted by Crippen LogP contribution is -1.91.